The van der Waals surface area contributed by atoms with Crippen LogP contribution in [-0.2, 0) is 7.05 Å². The molecular formula is C11H10ClN3O2. The van der Waals surface area contributed by atoms with Gasteiger partial charge in [0, 0.05) is 37.3 Å². The summed E-state index contributed by atoms with van der Waals surface area (Å²) in [5.41, 5.74) is 1.58. The molecule has 2 aromatic rings. The van der Waals surface area contributed by atoms with Crippen LogP contribution in [0.5, 0.6) is 0 Å². The highest BCUT2D eigenvalue weighted by atomic mass is 35.5. The molecule has 2 heterocycles. The van der Waals surface area contributed by atoms with E-state index in [-0.39, 0.29) is 5.70 Å². The first-order chi connectivity index (χ1) is 8.00. The normalized spacial score (nSPS) is 12.1. The van der Waals surface area contributed by atoms with Crippen LogP contribution in [0.2, 0.25) is 5.15 Å². The second-order valence-electron chi connectivity index (χ2n) is 3.71. The Hall–Kier alpha value is -1.88. The second kappa shape index (κ2) is 4.18. The Bertz CT molecular complexity index is 631. The van der Waals surface area contributed by atoms with Crippen LogP contribution in [0.1, 0.15) is 12.6 Å². The third kappa shape index (κ3) is 2.01. The molecule has 0 amide bonds. The molecule has 2 rings (SSSR count). The highest BCUT2D eigenvalue weighted by molar-refractivity contribution is 6.33. The van der Waals surface area contributed by atoms with E-state index < -0.39 is 4.92 Å². The fraction of sp³-hybridized carbons (Fsp3) is 0.182. The Balaban J connectivity index is 2.65. The predicted octanol–water partition coefficient (Wildman–Crippen LogP) is 2.86. The van der Waals surface area contributed by atoms with Gasteiger partial charge in [0.15, 0.2) is 5.15 Å². The van der Waals surface area contributed by atoms with Gasteiger partial charge in [0.25, 0.3) is 0 Å². The third-order valence-electron chi connectivity index (χ3n) is 2.58. The lowest BCUT2D eigenvalue weighted by atomic mass is 10.3. The molecule has 0 atom stereocenters. The Morgan fingerprint density at radius 2 is 2.35 bits per heavy atom. The maximum absolute atomic E-state index is 10.6. The molecule has 6 heteroatoms. The fourth-order valence-corrected chi connectivity index (χ4v) is 1.97. The van der Waals surface area contributed by atoms with Gasteiger partial charge in [-0.15, -0.1) is 0 Å². The first-order valence-electron chi connectivity index (χ1n) is 4.93. The van der Waals surface area contributed by atoms with Crippen molar-refractivity contribution in [3.63, 3.8) is 0 Å². The van der Waals surface area contributed by atoms with Crippen molar-refractivity contribution in [1.29, 1.82) is 0 Å². The molecule has 0 aliphatic rings. The van der Waals surface area contributed by atoms with Crippen molar-refractivity contribution in [3.8, 4) is 0 Å². The molecule has 0 aromatic carbocycles. The smallest absolute Gasteiger partial charge is 0.245 e. The van der Waals surface area contributed by atoms with Gasteiger partial charge in [-0.05, 0) is 12.1 Å². The first kappa shape index (κ1) is 11.6. The zero-order valence-electron chi connectivity index (χ0n) is 9.35. The number of hydrogen-bond acceptors (Lipinski definition) is 3. The van der Waals surface area contributed by atoms with Gasteiger partial charge < -0.3 is 4.57 Å². The lowest BCUT2D eigenvalue weighted by molar-refractivity contribution is -0.422. The number of nitro groups is 1. The number of aromatic nitrogens is 2. The van der Waals surface area contributed by atoms with Crippen molar-refractivity contribution in [1.82, 2.24) is 9.55 Å². The van der Waals surface area contributed by atoms with Crippen molar-refractivity contribution >= 4 is 28.6 Å². The maximum Gasteiger partial charge on any atom is 0.245 e. The Labute approximate surface area is 102 Å². The molecule has 2 aromatic heterocycles. The summed E-state index contributed by atoms with van der Waals surface area (Å²) in [6.45, 7) is 1.46. The van der Waals surface area contributed by atoms with Crippen LogP contribution in [0.25, 0.3) is 17.0 Å². The molecule has 0 saturated carbocycles. The van der Waals surface area contributed by atoms with E-state index in [1.54, 1.807) is 17.8 Å². The number of halogens is 1. The highest BCUT2D eigenvalue weighted by Gasteiger charge is 2.10. The van der Waals surface area contributed by atoms with E-state index in [1.165, 1.54) is 13.0 Å². The third-order valence-corrected chi connectivity index (χ3v) is 2.86. The number of allylic oxidation sites excluding steroid dienone is 1. The SMILES string of the molecule is C/C(=C\c1cc2ccnc(Cl)c2n1C)[N+](=O)[O-]. The topological polar surface area (TPSA) is 61.0 Å². The van der Waals surface area contributed by atoms with Gasteiger partial charge in [0.2, 0.25) is 5.70 Å². The highest BCUT2D eigenvalue weighted by Crippen LogP contribution is 2.25. The van der Waals surface area contributed by atoms with Crippen LogP contribution in [0.15, 0.2) is 24.0 Å². The van der Waals surface area contributed by atoms with E-state index >= 15 is 0 Å². The summed E-state index contributed by atoms with van der Waals surface area (Å²) < 4.78 is 1.79. The molecule has 0 N–H and O–H groups in total. The number of hydrogen-bond donors (Lipinski definition) is 0. The number of nitrogens with zero attached hydrogens (tertiary/aromatic N) is 3. The Morgan fingerprint density at radius 3 is 2.94 bits per heavy atom. The van der Waals surface area contributed by atoms with Crippen LogP contribution >= 0.6 is 11.6 Å². The van der Waals surface area contributed by atoms with E-state index in [2.05, 4.69) is 4.98 Å². The molecule has 5 nitrogen and oxygen atoms in total. The van der Waals surface area contributed by atoms with E-state index in [0.717, 1.165) is 16.6 Å². The van der Waals surface area contributed by atoms with Gasteiger partial charge in [-0.2, -0.15) is 0 Å². The van der Waals surface area contributed by atoms with Crippen LogP contribution in [0.3, 0.4) is 0 Å². The number of pyridine rings is 1. The first-order valence-corrected chi connectivity index (χ1v) is 5.31. The monoisotopic (exact) mass is 251 g/mol. The number of rotatable bonds is 2. The van der Waals surface area contributed by atoms with Crippen LogP contribution in [0.4, 0.5) is 0 Å². The molecule has 0 unspecified atom stereocenters. The molecule has 0 radical (unpaired) electrons. The molecule has 88 valence electrons. The molecule has 0 bridgehead atoms. The van der Waals surface area contributed by atoms with Gasteiger partial charge in [0.1, 0.15) is 0 Å². The summed E-state index contributed by atoms with van der Waals surface area (Å²) in [6.07, 6.45) is 3.12. The lowest BCUT2D eigenvalue weighted by Crippen LogP contribution is -1.96. The zero-order valence-corrected chi connectivity index (χ0v) is 10.1. The van der Waals surface area contributed by atoms with Crippen LogP contribution < -0.4 is 0 Å². The van der Waals surface area contributed by atoms with E-state index in [0.29, 0.717) is 5.15 Å². The minimum atomic E-state index is -0.419. The number of aryl methyl sites for hydroxylation is 1. The van der Waals surface area contributed by atoms with E-state index in [1.807, 2.05) is 12.1 Å². The van der Waals surface area contributed by atoms with Crippen molar-refractivity contribution < 1.29 is 4.92 Å². The van der Waals surface area contributed by atoms with Crippen LogP contribution in [0, 0.1) is 10.1 Å². The molecule has 0 saturated heterocycles. The summed E-state index contributed by atoms with van der Waals surface area (Å²) >= 11 is 5.99. The van der Waals surface area contributed by atoms with Crippen molar-refractivity contribution in [2.75, 3.05) is 0 Å². The molecule has 17 heavy (non-hydrogen) atoms. The summed E-state index contributed by atoms with van der Waals surface area (Å²) in [4.78, 5) is 14.2. The summed E-state index contributed by atoms with van der Waals surface area (Å²) in [5.74, 6) is 0. The lowest BCUT2D eigenvalue weighted by Gasteiger charge is -2.00. The summed E-state index contributed by atoms with van der Waals surface area (Å²) in [7, 11) is 1.80. The van der Waals surface area contributed by atoms with Crippen molar-refractivity contribution in [2.45, 2.75) is 6.92 Å². The Morgan fingerprint density at radius 1 is 1.65 bits per heavy atom. The number of fused-ring (bicyclic) bond motifs is 1. The van der Waals surface area contributed by atoms with Gasteiger partial charge in [-0.25, -0.2) is 4.98 Å². The predicted molar refractivity (Wildman–Crippen MR) is 66.4 cm³/mol. The van der Waals surface area contributed by atoms with Gasteiger partial charge in [-0.3, -0.25) is 10.1 Å². The van der Waals surface area contributed by atoms with Crippen molar-refractivity contribution in [3.05, 3.63) is 45.0 Å². The molecule has 0 aliphatic carbocycles. The molecule has 0 spiro atoms. The largest absolute Gasteiger partial charge is 0.341 e. The minimum absolute atomic E-state index is 0.0833. The second-order valence-corrected chi connectivity index (χ2v) is 4.07. The summed E-state index contributed by atoms with van der Waals surface area (Å²) in [5, 5.41) is 11.9. The standard InChI is InChI=1S/C11H10ClN3O2/c1-7(15(16)17)5-9-6-8-3-4-13-11(12)10(8)14(9)2/h3-6H,1-2H3/b7-5+. The molecule has 0 aliphatic heterocycles. The fourth-order valence-electron chi connectivity index (χ4n) is 1.68. The van der Waals surface area contributed by atoms with E-state index in [9.17, 15) is 10.1 Å². The van der Waals surface area contributed by atoms with Gasteiger partial charge in [-0.1, -0.05) is 11.6 Å². The molecular weight excluding hydrogens is 242 g/mol. The van der Waals surface area contributed by atoms with Gasteiger partial charge in [0.05, 0.1) is 10.4 Å². The average molecular weight is 252 g/mol. The van der Waals surface area contributed by atoms with Gasteiger partial charge >= 0.3 is 0 Å². The maximum atomic E-state index is 10.6. The zero-order chi connectivity index (χ0) is 12.6. The Kier molecular flexibility index (Phi) is 2.85. The summed E-state index contributed by atoms with van der Waals surface area (Å²) in [6, 6.07) is 3.66. The quantitative estimate of drug-likeness (QED) is 0.468. The average Bonchev–Trinajstić information content (AvgIpc) is 2.57. The van der Waals surface area contributed by atoms with Crippen LogP contribution in [-0.4, -0.2) is 14.5 Å². The molecule has 0 fully saturated rings. The minimum Gasteiger partial charge on any atom is -0.341 e. The van der Waals surface area contributed by atoms with Crippen molar-refractivity contribution in [2.24, 2.45) is 7.05 Å². The van der Waals surface area contributed by atoms with E-state index in [4.69, 9.17) is 11.6 Å².